The van der Waals surface area contributed by atoms with Gasteiger partial charge in [0, 0.05) is 6.54 Å². The quantitative estimate of drug-likeness (QED) is 0.779. The molecule has 0 saturated heterocycles. The van der Waals surface area contributed by atoms with Crippen molar-refractivity contribution in [3.05, 3.63) is 35.9 Å². The molecule has 0 aliphatic rings. The first-order chi connectivity index (χ1) is 9.54. The molecule has 0 bridgehead atoms. The van der Waals surface area contributed by atoms with E-state index in [0.29, 0.717) is 6.54 Å². The van der Waals surface area contributed by atoms with E-state index >= 15 is 0 Å². The SMILES string of the molecule is CCC(C(=O)NCCC(=O)OC(C)C)c1ccccc1. The fourth-order valence-electron chi connectivity index (χ4n) is 1.99. The van der Waals surface area contributed by atoms with Gasteiger partial charge in [-0.05, 0) is 25.8 Å². The highest BCUT2D eigenvalue weighted by atomic mass is 16.5. The van der Waals surface area contributed by atoms with Crippen molar-refractivity contribution in [2.45, 2.75) is 45.6 Å². The summed E-state index contributed by atoms with van der Waals surface area (Å²) >= 11 is 0. The number of esters is 1. The number of nitrogens with one attached hydrogen (secondary N) is 1. The minimum absolute atomic E-state index is 0.0453. The van der Waals surface area contributed by atoms with Crippen molar-refractivity contribution in [2.24, 2.45) is 0 Å². The Kier molecular flexibility index (Phi) is 6.77. The van der Waals surface area contributed by atoms with Gasteiger partial charge in [0.1, 0.15) is 0 Å². The molecule has 1 N–H and O–H groups in total. The second-order valence-corrected chi connectivity index (χ2v) is 4.95. The fraction of sp³-hybridized carbons (Fsp3) is 0.500. The highest BCUT2D eigenvalue weighted by molar-refractivity contribution is 5.84. The van der Waals surface area contributed by atoms with Gasteiger partial charge in [0.15, 0.2) is 0 Å². The Labute approximate surface area is 120 Å². The molecule has 4 nitrogen and oxygen atoms in total. The molecular formula is C16H23NO3. The predicted octanol–water partition coefficient (Wildman–Crippen LogP) is 2.64. The van der Waals surface area contributed by atoms with Crippen LogP contribution in [0.2, 0.25) is 0 Å². The van der Waals surface area contributed by atoms with E-state index in [9.17, 15) is 9.59 Å². The molecule has 1 aromatic rings. The van der Waals surface area contributed by atoms with Crippen LogP contribution in [0.25, 0.3) is 0 Å². The van der Waals surface area contributed by atoms with Gasteiger partial charge >= 0.3 is 5.97 Å². The van der Waals surface area contributed by atoms with Crippen LogP contribution in [-0.2, 0) is 14.3 Å². The van der Waals surface area contributed by atoms with Gasteiger partial charge in [-0.25, -0.2) is 0 Å². The topological polar surface area (TPSA) is 55.4 Å². The molecule has 20 heavy (non-hydrogen) atoms. The van der Waals surface area contributed by atoms with Gasteiger partial charge in [0.25, 0.3) is 0 Å². The summed E-state index contributed by atoms with van der Waals surface area (Å²) in [6, 6.07) is 9.66. The van der Waals surface area contributed by atoms with E-state index in [1.165, 1.54) is 0 Å². The summed E-state index contributed by atoms with van der Waals surface area (Å²) in [6.07, 6.45) is 0.812. The Bertz CT molecular complexity index is 429. The standard InChI is InChI=1S/C16H23NO3/c1-4-14(13-8-6-5-7-9-13)16(19)17-11-10-15(18)20-12(2)3/h5-9,12,14H,4,10-11H2,1-3H3,(H,17,19). The lowest BCUT2D eigenvalue weighted by molar-refractivity contribution is -0.147. The van der Waals surface area contributed by atoms with Crippen LogP contribution in [0.5, 0.6) is 0 Å². The Morgan fingerprint density at radius 2 is 1.85 bits per heavy atom. The molecule has 1 amide bonds. The molecule has 0 aliphatic heterocycles. The zero-order valence-corrected chi connectivity index (χ0v) is 12.4. The molecule has 0 heterocycles. The van der Waals surface area contributed by atoms with E-state index in [1.807, 2.05) is 37.3 Å². The summed E-state index contributed by atoms with van der Waals surface area (Å²) in [4.78, 5) is 23.5. The van der Waals surface area contributed by atoms with Crippen LogP contribution in [-0.4, -0.2) is 24.5 Å². The zero-order chi connectivity index (χ0) is 15.0. The third kappa shape index (κ3) is 5.43. The summed E-state index contributed by atoms with van der Waals surface area (Å²) in [7, 11) is 0. The number of ether oxygens (including phenoxy) is 1. The van der Waals surface area contributed by atoms with Crippen LogP contribution in [0.15, 0.2) is 30.3 Å². The van der Waals surface area contributed by atoms with Crippen LogP contribution in [0.3, 0.4) is 0 Å². The summed E-state index contributed by atoms with van der Waals surface area (Å²) in [5, 5.41) is 2.80. The molecule has 4 heteroatoms. The molecule has 0 saturated carbocycles. The predicted molar refractivity (Wildman–Crippen MR) is 78.3 cm³/mol. The van der Waals surface area contributed by atoms with Gasteiger partial charge in [-0.1, -0.05) is 37.3 Å². The average molecular weight is 277 g/mol. The first-order valence-corrected chi connectivity index (χ1v) is 7.06. The Morgan fingerprint density at radius 1 is 1.20 bits per heavy atom. The number of amides is 1. The third-order valence-corrected chi connectivity index (χ3v) is 2.92. The van der Waals surface area contributed by atoms with Crippen LogP contribution in [0, 0.1) is 0 Å². The maximum Gasteiger partial charge on any atom is 0.307 e. The zero-order valence-electron chi connectivity index (χ0n) is 12.4. The van der Waals surface area contributed by atoms with E-state index in [0.717, 1.165) is 12.0 Å². The van der Waals surface area contributed by atoms with Crippen molar-refractivity contribution in [3.8, 4) is 0 Å². The monoisotopic (exact) mass is 277 g/mol. The lowest BCUT2D eigenvalue weighted by atomic mass is 9.96. The molecule has 1 unspecified atom stereocenters. The molecule has 0 aliphatic carbocycles. The highest BCUT2D eigenvalue weighted by Gasteiger charge is 2.18. The van der Waals surface area contributed by atoms with Crippen LogP contribution < -0.4 is 5.32 Å². The summed E-state index contributed by atoms with van der Waals surface area (Å²) in [5.74, 6) is -0.499. The largest absolute Gasteiger partial charge is 0.463 e. The molecule has 1 aromatic carbocycles. The molecular weight excluding hydrogens is 254 g/mol. The van der Waals surface area contributed by atoms with Crippen molar-refractivity contribution in [1.29, 1.82) is 0 Å². The molecule has 1 atom stereocenters. The maximum atomic E-state index is 12.1. The lowest BCUT2D eigenvalue weighted by Crippen LogP contribution is -2.31. The van der Waals surface area contributed by atoms with E-state index in [4.69, 9.17) is 4.74 Å². The molecule has 0 spiro atoms. The smallest absolute Gasteiger partial charge is 0.307 e. The minimum atomic E-state index is -0.284. The van der Waals surface area contributed by atoms with Crippen LogP contribution in [0.4, 0.5) is 0 Å². The fourth-order valence-corrected chi connectivity index (χ4v) is 1.99. The molecule has 0 fully saturated rings. The number of carbonyl (C=O) groups excluding carboxylic acids is 2. The number of rotatable bonds is 7. The van der Waals surface area contributed by atoms with Gasteiger partial charge in [0.2, 0.25) is 5.91 Å². The highest BCUT2D eigenvalue weighted by Crippen LogP contribution is 2.19. The first kappa shape index (κ1) is 16.2. The summed E-state index contributed by atoms with van der Waals surface area (Å²) in [5.41, 5.74) is 0.997. The van der Waals surface area contributed by atoms with Gasteiger partial charge in [-0.2, -0.15) is 0 Å². The van der Waals surface area contributed by atoms with Crippen molar-refractivity contribution >= 4 is 11.9 Å². The van der Waals surface area contributed by atoms with Crippen LogP contribution in [0.1, 0.15) is 45.1 Å². The van der Waals surface area contributed by atoms with E-state index in [-0.39, 0.29) is 30.3 Å². The lowest BCUT2D eigenvalue weighted by Gasteiger charge is -2.15. The van der Waals surface area contributed by atoms with Crippen molar-refractivity contribution in [2.75, 3.05) is 6.54 Å². The molecule has 1 rings (SSSR count). The summed E-state index contributed by atoms with van der Waals surface area (Å²) < 4.78 is 5.01. The number of carbonyl (C=O) groups is 2. The average Bonchev–Trinajstić information content (AvgIpc) is 2.40. The normalized spacial score (nSPS) is 12.0. The van der Waals surface area contributed by atoms with Gasteiger partial charge < -0.3 is 10.1 Å². The number of benzene rings is 1. The minimum Gasteiger partial charge on any atom is -0.463 e. The Morgan fingerprint density at radius 3 is 2.40 bits per heavy atom. The van der Waals surface area contributed by atoms with Gasteiger partial charge in [-0.3, -0.25) is 9.59 Å². The van der Waals surface area contributed by atoms with E-state index < -0.39 is 0 Å². The first-order valence-electron chi connectivity index (χ1n) is 7.06. The second-order valence-electron chi connectivity index (χ2n) is 4.95. The van der Waals surface area contributed by atoms with Gasteiger partial charge in [0.05, 0.1) is 18.4 Å². The second kappa shape index (κ2) is 8.35. The Hall–Kier alpha value is -1.84. The maximum absolute atomic E-state index is 12.1. The van der Waals surface area contributed by atoms with Gasteiger partial charge in [-0.15, -0.1) is 0 Å². The Balaban J connectivity index is 2.43. The van der Waals surface area contributed by atoms with E-state index in [2.05, 4.69) is 5.32 Å². The molecule has 110 valence electrons. The number of hydrogen-bond donors (Lipinski definition) is 1. The van der Waals surface area contributed by atoms with Crippen LogP contribution >= 0.6 is 0 Å². The van der Waals surface area contributed by atoms with E-state index in [1.54, 1.807) is 13.8 Å². The van der Waals surface area contributed by atoms with Crippen molar-refractivity contribution < 1.29 is 14.3 Å². The summed E-state index contributed by atoms with van der Waals surface area (Å²) in [6.45, 7) is 5.90. The van der Waals surface area contributed by atoms with Crippen molar-refractivity contribution in [1.82, 2.24) is 5.32 Å². The number of hydrogen-bond acceptors (Lipinski definition) is 3. The molecule has 0 radical (unpaired) electrons. The third-order valence-electron chi connectivity index (χ3n) is 2.92. The molecule has 0 aromatic heterocycles. The van der Waals surface area contributed by atoms with Crippen molar-refractivity contribution in [3.63, 3.8) is 0 Å².